The molecule has 4 nitrogen and oxygen atoms in total. The van der Waals surface area contributed by atoms with Crippen LogP contribution in [0.15, 0.2) is 42.6 Å². The highest BCUT2D eigenvalue weighted by atomic mass is 16.1. The minimum atomic E-state index is -0.0982. The van der Waals surface area contributed by atoms with E-state index in [0.29, 0.717) is 5.56 Å². The summed E-state index contributed by atoms with van der Waals surface area (Å²) in [6.07, 6.45) is 3.63. The van der Waals surface area contributed by atoms with Gasteiger partial charge in [0.2, 0.25) is 0 Å². The number of nitrogens with zero attached hydrogens (tertiary/aromatic N) is 2. The average molecular weight is 307 g/mol. The van der Waals surface area contributed by atoms with Crippen LogP contribution in [0.2, 0.25) is 0 Å². The molecule has 0 aliphatic heterocycles. The zero-order valence-corrected chi connectivity index (χ0v) is 13.8. The third-order valence-electron chi connectivity index (χ3n) is 4.20. The van der Waals surface area contributed by atoms with Gasteiger partial charge in [-0.1, -0.05) is 32.0 Å². The van der Waals surface area contributed by atoms with Crippen molar-refractivity contribution >= 4 is 17.2 Å². The van der Waals surface area contributed by atoms with Crippen LogP contribution in [0.25, 0.3) is 5.65 Å². The number of imidazole rings is 1. The molecule has 0 bridgehead atoms. The fourth-order valence-electron chi connectivity index (χ4n) is 2.83. The summed E-state index contributed by atoms with van der Waals surface area (Å²) >= 11 is 0. The van der Waals surface area contributed by atoms with Gasteiger partial charge in [-0.15, -0.1) is 0 Å². The Balaban J connectivity index is 1.93. The lowest BCUT2D eigenvalue weighted by atomic mass is 10.1. The van der Waals surface area contributed by atoms with E-state index in [2.05, 4.69) is 24.1 Å². The highest BCUT2D eigenvalue weighted by Crippen LogP contribution is 2.18. The van der Waals surface area contributed by atoms with Crippen molar-refractivity contribution in [3.05, 3.63) is 65.1 Å². The molecule has 118 valence electrons. The maximum absolute atomic E-state index is 12.6. The van der Waals surface area contributed by atoms with Crippen molar-refractivity contribution in [1.29, 1.82) is 0 Å². The van der Waals surface area contributed by atoms with Crippen LogP contribution >= 0.6 is 0 Å². The standard InChI is InChI=1S/C19H21N3O/c1-4-14-8-6-7-9-17(14)21-19(23)15-10-11-18-20-16(5-2)13(3)22(18)12-15/h6-12H,4-5H2,1-3H3,(H,21,23). The van der Waals surface area contributed by atoms with Crippen LogP contribution in [0, 0.1) is 6.92 Å². The van der Waals surface area contributed by atoms with Gasteiger partial charge in [0.25, 0.3) is 5.91 Å². The molecule has 0 aliphatic carbocycles. The molecular formula is C19H21N3O. The molecule has 1 N–H and O–H groups in total. The van der Waals surface area contributed by atoms with Gasteiger partial charge in [-0.05, 0) is 43.5 Å². The van der Waals surface area contributed by atoms with Crippen LogP contribution in [-0.2, 0) is 12.8 Å². The number of carbonyl (C=O) groups excluding carboxylic acids is 1. The molecule has 0 atom stereocenters. The number of rotatable bonds is 4. The van der Waals surface area contributed by atoms with Crippen LogP contribution in [0.1, 0.15) is 41.2 Å². The van der Waals surface area contributed by atoms with E-state index in [4.69, 9.17) is 0 Å². The normalized spacial score (nSPS) is 10.9. The maximum Gasteiger partial charge on any atom is 0.257 e. The molecule has 4 heteroatoms. The molecule has 2 heterocycles. The molecule has 2 aromatic heterocycles. The van der Waals surface area contributed by atoms with E-state index in [1.54, 1.807) is 0 Å². The Labute approximate surface area is 136 Å². The quantitative estimate of drug-likeness (QED) is 0.791. The van der Waals surface area contributed by atoms with Crippen molar-refractivity contribution in [1.82, 2.24) is 9.38 Å². The first-order valence-corrected chi connectivity index (χ1v) is 8.00. The summed E-state index contributed by atoms with van der Waals surface area (Å²) < 4.78 is 1.99. The molecule has 0 saturated carbocycles. The topological polar surface area (TPSA) is 46.4 Å². The van der Waals surface area contributed by atoms with Gasteiger partial charge in [-0.2, -0.15) is 0 Å². The van der Waals surface area contributed by atoms with E-state index in [-0.39, 0.29) is 5.91 Å². The number of aryl methyl sites for hydroxylation is 3. The average Bonchev–Trinajstić information content (AvgIpc) is 2.91. The highest BCUT2D eigenvalue weighted by molar-refractivity contribution is 6.04. The minimum Gasteiger partial charge on any atom is -0.322 e. The number of aromatic nitrogens is 2. The Morgan fingerprint density at radius 3 is 2.65 bits per heavy atom. The molecule has 0 fully saturated rings. The van der Waals surface area contributed by atoms with Gasteiger partial charge in [0.1, 0.15) is 5.65 Å². The Kier molecular flexibility index (Phi) is 4.15. The van der Waals surface area contributed by atoms with Crippen molar-refractivity contribution in [3.8, 4) is 0 Å². The molecule has 0 spiro atoms. The molecule has 3 aromatic rings. The van der Waals surface area contributed by atoms with Crippen molar-refractivity contribution < 1.29 is 4.79 Å². The number of carbonyl (C=O) groups is 1. The van der Waals surface area contributed by atoms with Gasteiger partial charge in [-0.3, -0.25) is 4.79 Å². The zero-order chi connectivity index (χ0) is 16.4. The third kappa shape index (κ3) is 2.84. The minimum absolute atomic E-state index is 0.0982. The van der Waals surface area contributed by atoms with Gasteiger partial charge in [0.05, 0.1) is 11.3 Å². The monoisotopic (exact) mass is 307 g/mol. The zero-order valence-electron chi connectivity index (χ0n) is 13.8. The lowest BCUT2D eigenvalue weighted by Crippen LogP contribution is -2.14. The maximum atomic E-state index is 12.6. The van der Waals surface area contributed by atoms with E-state index in [0.717, 1.165) is 41.1 Å². The predicted octanol–water partition coefficient (Wildman–Crippen LogP) is 4.02. The Morgan fingerprint density at radius 2 is 1.91 bits per heavy atom. The Hall–Kier alpha value is -2.62. The summed E-state index contributed by atoms with van der Waals surface area (Å²) in [4.78, 5) is 17.1. The summed E-state index contributed by atoms with van der Waals surface area (Å²) in [5.74, 6) is -0.0982. The number of benzene rings is 1. The molecule has 23 heavy (non-hydrogen) atoms. The molecule has 1 aromatic carbocycles. The van der Waals surface area contributed by atoms with E-state index in [9.17, 15) is 4.79 Å². The highest BCUT2D eigenvalue weighted by Gasteiger charge is 2.12. The second kappa shape index (κ2) is 6.24. The van der Waals surface area contributed by atoms with Gasteiger partial charge in [0, 0.05) is 17.6 Å². The molecule has 0 unspecified atom stereocenters. The lowest BCUT2D eigenvalue weighted by molar-refractivity contribution is 0.102. The fourth-order valence-corrected chi connectivity index (χ4v) is 2.83. The summed E-state index contributed by atoms with van der Waals surface area (Å²) in [5, 5.41) is 3.01. The first-order chi connectivity index (χ1) is 11.1. The third-order valence-corrected chi connectivity index (χ3v) is 4.20. The number of nitrogens with one attached hydrogen (secondary N) is 1. The molecule has 3 rings (SSSR count). The Bertz CT molecular complexity index is 864. The number of hydrogen-bond donors (Lipinski definition) is 1. The van der Waals surface area contributed by atoms with E-state index in [1.165, 1.54) is 0 Å². The van der Waals surface area contributed by atoms with Crippen molar-refractivity contribution in [3.63, 3.8) is 0 Å². The van der Waals surface area contributed by atoms with Crippen LogP contribution in [0.5, 0.6) is 0 Å². The summed E-state index contributed by atoms with van der Waals surface area (Å²) in [7, 11) is 0. The number of fused-ring (bicyclic) bond motifs is 1. The number of hydrogen-bond acceptors (Lipinski definition) is 2. The molecule has 0 saturated heterocycles. The van der Waals surface area contributed by atoms with Gasteiger partial charge in [-0.25, -0.2) is 4.98 Å². The molecule has 0 aliphatic rings. The SMILES string of the molecule is CCc1ccccc1NC(=O)c1ccc2nc(CC)c(C)n2c1. The number of amides is 1. The first kappa shape index (κ1) is 15.3. The number of pyridine rings is 1. The second-order valence-electron chi connectivity index (χ2n) is 5.61. The van der Waals surface area contributed by atoms with Crippen LogP contribution in [-0.4, -0.2) is 15.3 Å². The van der Waals surface area contributed by atoms with Gasteiger partial charge < -0.3 is 9.72 Å². The number of para-hydroxylation sites is 1. The smallest absolute Gasteiger partial charge is 0.257 e. The van der Waals surface area contributed by atoms with Crippen LogP contribution in [0.4, 0.5) is 5.69 Å². The summed E-state index contributed by atoms with van der Waals surface area (Å²) in [6, 6.07) is 11.6. The fraction of sp³-hybridized carbons (Fsp3) is 0.263. The second-order valence-corrected chi connectivity index (χ2v) is 5.61. The van der Waals surface area contributed by atoms with E-state index >= 15 is 0 Å². The molecule has 0 radical (unpaired) electrons. The van der Waals surface area contributed by atoms with E-state index in [1.807, 2.05) is 53.9 Å². The van der Waals surface area contributed by atoms with Crippen LogP contribution < -0.4 is 5.32 Å². The van der Waals surface area contributed by atoms with Gasteiger partial charge in [0.15, 0.2) is 0 Å². The first-order valence-electron chi connectivity index (χ1n) is 8.00. The largest absolute Gasteiger partial charge is 0.322 e. The Morgan fingerprint density at radius 1 is 1.13 bits per heavy atom. The van der Waals surface area contributed by atoms with Crippen molar-refractivity contribution in [2.75, 3.05) is 5.32 Å². The summed E-state index contributed by atoms with van der Waals surface area (Å²) in [6.45, 7) is 6.20. The van der Waals surface area contributed by atoms with Crippen molar-refractivity contribution in [2.24, 2.45) is 0 Å². The van der Waals surface area contributed by atoms with Crippen LogP contribution in [0.3, 0.4) is 0 Å². The van der Waals surface area contributed by atoms with E-state index < -0.39 is 0 Å². The molecular weight excluding hydrogens is 286 g/mol. The lowest BCUT2D eigenvalue weighted by Gasteiger charge is -2.10. The van der Waals surface area contributed by atoms with Gasteiger partial charge >= 0.3 is 0 Å². The number of anilines is 1. The molecule has 1 amide bonds. The summed E-state index contributed by atoms with van der Waals surface area (Å²) in [5.41, 5.74) is 5.67. The predicted molar refractivity (Wildman–Crippen MR) is 93.1 cm³/mol. The van der Waals surface area contributed by atoms with Crippen molar-refractivity contribution in [2.45, 2.75) is 33.6 Å².